The number of rotatable bonds is 4. The SMILES string of the molecule is CCOC(=O)c1nnn(Cc2ccc(C)cc2)c1C. The third kappa shape index (κ3) is 2.99. The number of hydrogen-bond donors (Lipinski definition) is 0. The highest BCUT2D eigenvalue weighted by molar-refractivity contribution is 5.88. The van der Waals surface area contributed by atoms with E-state index in [1.54, 1.807) is 11.6 Å². The fraction of sp³-hybridized carbons (Fsp3) is 0.357. The van der Waals surface area contributed by atoms with Crippen molar-refractivity contribution >= 4 is 5.97 Å². The van der Waals surface area contributed by atoms with Crippen LogP contribution in [0.4, 0.5) is 0 Å². The normalized spacial score (nSPS) is 10.5. The first-order valence-corrected chi connectivity index (χ1v) is 6.24. The van der Waals surface area contributed by atoms with Gasteiger partial charge in [0, 0.05) is 0 Å². The molecule has 2 rings (SSSR count). The van der Waals surface area contributed by atoms with Crippen molar-refractivity contribution in [2.45, 2.75) is 27.3 Å². The number of nitrogens with zero attached hydrogens (tertiary/aromatic N) is 3. The number of carbonyl (C=O) groups excluding carboxylic acids is 1. The van der Waals surface area contributed by atoms with Crippen molar-refractivity contribution in [2.75, 3.05) is 6.61 Å². The lowest BCUT2D eigenvalue weighted by atomic mass is 10.1. The molecule has 19 heavy (non-hydrogen) atoms. The van der Waals surface area contributed by atoms with E-state index < -0.39 is 5.97 Å². The smallest absolute Gasteiger partial charge is 0.360 e. The third-order valence-electron chi connectivity index (χ3n) is 2.90. The summed E-state index contributed by atoms with van der Waals surface area (Å²) in [5.41, 5.74) is 3.34. The topological polar surface area (TPSA) is 57.0 Å². The lowest BCUT2D eigenvalue weighted by Gasteiger charge is -2.04. The van der Waals surface area contributed by atoms with Gasteiger partial charge < -0.3 is 4.74 Å². The molecule has 100 valence electrons. The summed E-state index contributed by atoms with van der Waals surface area (Å²) < 4.78 is 6.64. The van der Waals surface area contributed by atoms with Crippen LogP contribution in [-0.2, 0) is 11.3 Å². The van der Waals surface area contributed by atoms with Crippen molar-refractivity contribution in [3.8, 4) is 0 Å². The number of benzene rings is 1. The zero-order valence-corrected chi connectivity index (χ0v) is 11.4. The lowest BCUT2D eigenvalue weighted by Crippen LogP contribution is -2.08. The average Bonchev–Trinajstić information content (AvgIpc) is 2.74. The molecule has 0 bridgehead atoms. The second kappa shape index (κ2) is 5.65. The van der Waals surface area contributed by atoms with E-state index in [4.69, 9.17) is 4.74 Å². The van der Waals surface area contributed by atoms with Gasteiger partial charge in [0.2, 0.25) is 0 Å². The molecule has 2 aromatic rings. The van der Waals surface area contributed by atoms with Gasteiger partial charge in [0.25, 0.3) is 0 Å². The fourth-order valence-corrected chi connectivity index (χ4v) is 1.77. The molecule has 0 atom stereocenters. The second-order valence-electron chi connectivity index (χ2n) is 4.39. The first-order valence-electron chi connectivity index (χ1n) is 6.24. The Kier molecular flexibility index (Phi) is 3.94. The molecule has 0 unspecified atom stereocenters. The Hall–Kier alpha value is -2.17. The van der Waals surface area contributed by atoms with Crippen LogP contribution < -0.4 is 0 Å². The molecule has 0 saturated carbocycles. The van der Waals surface area contributed by atoms with Gasteiger partial charge in [-0.25, -0.2) is 9.48 Å². The minimum absolute atomic E-state index is 0.286. The molecule has 1 heterocycles. The molecular weight excluding hydrogens is 242 g/mol. The summed E-state index contributed by atoms with van der Waals surface area (Å²) in [6.07, 6.45) is 0. The summed E-state index contributed by atoms with van der Waals surface area (Å²) in [6.45, 7) is 6.56. The van der Waals surface area contributed by atoms with Crippen LogP contribution in [0.15, 0.2) is 24.3 Å². The minimum atomic E-state index is -0.421. The quantitative estimate of drug-likeness (QED) is 0.789. The number of hydrogen-bond acceptors (Lipinski definition) is 4. The van der Waals surface area contributed by atoms with Crippen molar-refractivity contribution in [3.05, 3.63) is 46.8 Å². The zero-order chi connectivity index (χ0) is 13.8. The molecule has 0 aliphatic rings. The van der Waals surface area contributed by atoms with Crippen molar-refractivity contribution in [3.63, 3.8) is 0 Å². The summed E-state index contributed by atoms with van der Waals surface area (Å²) >= 11 is 0. The third-order valence-corrected chi connectivity index (χ3v) is 2.90. The van der Waals surface area contributed by atoms with Gasteiger partial charge in [-0.15, -0.1) is 5.10 Å². The highest BCUT2D eigenvalue weighted by atomic mass is 16.5. The highest BCUT2D eigenvalue weighted by Crippen LogP contribution is 2.10. The van der Waals surface area contributed by atoms with Gasteiger partial charge in [-0.3, -0.25) is 0 Å². The van der Waals surface area contributed by atoms with Crippen LogP contribution in [0.2, 0.25) is 0 Å². The Morgan fingerprint density at radius 2 is 1.95 bits per heavy atom. The van der Waals surface area contributed by atoms with Gasteiger partial charge in [0.1, 0.15) is 0 Å². The summed E-state index contributed by atoms with van der Waals surface area (Å²) in [6, 6.07) is 8.18. The number of esters is 1. The highest BCUT2D eigenvalue weighted by Gasteiger charge is 2.17. The van der Waals surface area contributed by atoms with Gasteiger partial charge in [-0.05, 0) is 26.3 Å². The van der Waals surface area contributed by atoms with Crippen LogP contribution in [0.5, 0.6) is 0 Å². The molecule has 0 fully saturated rings. The fourth-order valence-electron chi connectivity index (χ4n) is 1.77. The maximum atomic E-state index is 11.6. The minimum Gasteiger partial charge on any atom is -0.461 e. The Labute approximate surface area is 112 Å². The first-order chi connectivity index (χ1) is 9.11. The molecule has 0 saturated heterocycles. The van der Waals surface area contributed by atoms with E-state index in [9.17, 15) is 4.79 Å². The van der Waals surface area contributed by atoms with Gasteiger partial charge in [-0.2, -0.15) is 0 Å². The van der Waals surface area contributed by atoms with Gasteiger partial charge in [-0.1, -0.05) is 35.0 Å². The van der Waals surface area contributed by atoms with Gasteiger partial charge in [0.15, 0.2) is 5.69 Å². The van der Waals surface area contributed by atoms with Crippen molar-refractivity contribution < 1.29 is 9.53 Å². The average molecular weight is 259 g/mol. The molecule has 1 aromatic heterocycles. The standard InChI is InChI=1S/C14H17N3O2/c1-4-19-14(18)13-11(3)17(16-15-13)9-12-7-5-10(2)6-8-12/h5-8H,4,9H2,1-3H3. The van der Waals surface area contributed by atoms with E-state index in [-0.39, 0.29) is 5.69 Å². The largest absolute Gasteiger partial charge is 0.461 e. The summed E-state index contributed by atoms with van der Waals surface area (Å²) in [4.78, 5) is 11.6. The Balaban J connectivity index is 2.18. The Morgan fingerprint density at radius 3 is 2.58 bits per heavy atom. The number of aryl methyl sites for hydroxylation is 1. The zero-order valence-electron chi connectivity index (χ0n) is 11.4. The molecule has 0 radical (unpaired) electrons. The predicted molar refractivity (Wildman–Crippen MR) is 71.0 cm³/mol. The second-order valence-corrected chi connectivity index (χ2v) is 4.39. The van der Waals surface area contributed by atoms with Crippen molar-refractivity contribution in [1.82, 2.24) is 15.0 Å². The van der Waals surface area contributed by atoms with Crippen LogP contribution in [0.3, 0.4) is 0 Å². The summed E-state index contributed by atoms with van der Waals surface area (Å²) in [5, 5.41) is 7.89. The maximum Gasteiger partial charge on any atom is 0.360 e. The molecule has 5 nitrogen and oxygen atoms in total. The van der Waals surface area contributed by atoms with Crippen LogP contribution in [-0.4, -0.2) is 27.6 Å². The van der Waals surface area contributed by atoms with E-state index in [1.165, 1.54) is 5.56 Å². The van der Waals surface area contributed by atoms with E-state index in [0.717, 1.165) is 11.3 Å². The number of carbonyl (C=O) groups is 1. The van der Waals surface area contributed by atoms with E-state index in [1.807, 2.05) is 38.1 Å². The molecule has 0 N–H and O–H groups in total. The molecule has 0 spiro atoms. The molecule has 0 amide bonds. The van der Waals surface area contributed by atoms with Crippen molar-refractivity contribution in [2.24, 2.45) is 0 Å². The van der Waals surface area contributed by atoms with E-state index in [2.05, 4.69) is 10.3 Å². The molecule has 1 aromatic carbocycles. The van der Waals surface area contributed by atoms with Gasteiger partial charge >= 0.3 is 5.97 Å². The molecule has 5 heteroatoms. The maximum absolute atomic E-state index is 11.6. The molecule has 0 aliphatic carbocycles. The van der Waals surface area contributed by atoms with Crippen molar-refractivity contribution in [1.29, 1.82) is 0 Å². The Bertz CT molecular complexity index is 573. The van der Waals surface area contributed by atoms with Crippen LogP contribution in [0.1, 0.15) is 34.2 Å². The summed E-state index contributed by atoms with van der Waals surface area (Å²) in [5.74, 6) is -0.421. The monoisotopic (exact) mass is 259 g/mol. The van der Waals surface area contributed by atoms with E-state index >= 15 is 0 Å². The number of ether oxygens (including phenoxy) is 1. The Morgan fingerprint density at radius 1 is 1.26 bits per heavy atom. The molecule has 0 aliphatic heterocycles. The predicted octanol–water partition coefficient (Wildman–Crippen LogP) is 2.12. The van der Waals surface area contributed by atoms with Crippen LogP contribution >= 0.6 is 0 Å². The van der Waals surface area contributed by atoms with Crippen LogP contribution in [0.25, 0.3) is 0 Å². The van der Waals surface area contributed by atoms with Gasteiger partial charge in [0.05, 0.1) is 18.8 Å². The van der Waals surface area contributed by atoms with Crippen LogP contribution in [0, 0.1) is 13.8 Å². The summed E-state index contributed by atoms with van der Waals surface area (Å²) in [7, 11) is 0. The number of aromatic nitrogens is 3. The molecular formula is C14H17N3O2. The lowest BCUT2D eigenvalue weighted by molar-refractivity contribution is 0.0518. The first kappa shape index (κ1) is 13.3. The van der Waals surface area contributed by atoms with E-state index in [0.29, 0.717) is 13.2 Å².